The number of carboxylic acids is 1. The monoisotopic (exact) mass is 299 g/mol. The third-order valence-corrected chi connectivity index (χ3v) is 4.03. The number of carbonyl (C=O) groups is 2. The molecule has 1 unspecified atom stereocenters. The van der Waals surface area contributed by atoms with Crippen LogP contribution in [0, 0.1) is 5.92 Å². The van der Waals surface area contributed by atoms with E-state index in [0.717, 1.165) is 26.1 Å². The van der Waals surface area contributed by atoms with Gasteiger partial charge in [-0.1, -0.05) is 6.92 Å². The van der Waals surface area contributed by atoms with Gasteiger partial charge in [-0.25, -0.2) is 4.79 Å². The van der Waals surface area contributed by atoms with Gasteiger partial charge in [0, 0.05) is 32.1 Å². The molecular formula is C15H29N3O3. The van der Waals surface area contributed by atoms with E-state index in [2.05, 4.69) is 17.1 Å². The molecule has 21 heavy (non-hydrogen) atoms. The third kappa shape index (κ3) is 6.33. The van der Waals surface area contributed by atoms with Crippen molar-refractivity contribution in [1.29, 1.82) is 0 Å². The Morgan fingerprint density at radius 2 is 2.14 bits per heavy atom. The molecule has 1 rings (SSSR count). The molecule has 122 valence electrons. The zero-order chi connectivity index (χ0) is 15.8. The number of amides is 2. The topological polar surface area (TPSA) is 72.9 Å². The molecule has 0 aromatic carbocycles. The number of urea groups is 1. The van der Waals surface area contributed by atoms with Crippen LogP contribution in [0.4, 0.5) is 4.79 Å². The van der Waals surface area contributed by atoms with Crippen molar-refractivity contribution in [3.63, 3.8) is 0 Å². The summed E-state index contributed by atoms with van der Waals surface area (Å²) in [6, 6.07) is -0.000138. The Labute approximate surface area is 127 Å². The van der Waals surface area contributed by atoms with Crippen LogP contribution in [0.25, 0.3) is 0 Å². The fraction of sp³-hybridized carbons (Fsp3) is 0.867. The highest BCUT2D eigenvalue weighted by Gasteiger charge is 2.23. The predicted octanol–water partition coefficient (Wildman–Crippen LogP) is 1.61. The van der Waals surface area contributed by atoms with E-state index < -0.39 is 5.97 Å². The fourth-order valence-electron chi connectivity index (χ4n) is 2.69. The number of aliphatic carboxylic acids is 1. The molecule has 6 nitrogen and oxygen atoms in total. The van der Waals surface area contributed by atoms with Crippen molar-refractivity contribution in [3.05, 3.63) is 0 Å². The smallest absolute Gasteiger partial charge is 0.317 e. The van der Waals surface area contributed by atoms with Crippen molar-refractivity contribution in [3.8, 4) is 0 Å². The summed E-state index contributed by atoms with van der Waals surface area (Å²) in [5.41, 5.74) is 0. The number of nitrogens with one attached hydrogen (secondary N) is 1. The lowest BCUT2D eigenvalue weighted by Gasteiger charge is -2.27. The van der Waals surface area contributed by atoms with Crippen molar-refractivity contribution in [2.45, 2.75) is 46.1 Å². The van der Waals surface area contributed by atoms with Gasteiger partial charge in [-0.05, 0) is 45.7 Å². The van der Waals surface area contributed by atoms with Crippen LogP contribution in [-0.2, 0) is 4.79 Å². The summed E-state index contributed by atoms with van der Waals surface area (Å²) in [4.78, 5) is 26.9. The maximum Gasteiger partial charge on any atom is 0.317 e. The fourth-order valence-corrected chi connectivity index (χ4v) is 2.69. The van der Waals surface area contributed by atoms with E-state index in [1.807, 2.05) is 13.8 Å². The molecule has 0 bridgehead atoms. The van der Waals surface area contributed by atoms with Crippen molar-refractivity contribution >= 4 is 12.0 Å². The summed E-state index contributed by atoms with van der Waals surface area (Å²) in [5, 5.41) is 11.7. The quantitative estimate of drug-likeness (QED) is 0.714. The zero-order valence-electron chi connectivity index (χ0n) is 13.5. The SMILES string of the molecule is CCN1CCC(CNC(=O)N(CCCC(=O)O)C(C)C)C1. The second-order valence-electron chi connectivity index (χ2n) is 6.02. The Hall–Kier alpha value is -1.30. The van der Waals surface area contributed by atoms with E-state index in [-0.39, 0.29) is 18.5 Å². The van der Waals surface area contributed by atoms with Gasteiger partial charge in [0.2, 0.25) is 0 Å². The summed E-state index contributed by atoms with van der Waals surface area (Å²) >= 11 is 0. The summed E-state index contributed by atoms with van der Waals surface area (Å²) in [7, 11) is 0. The molecule has 1 fully saturated rings. The molecule has 1 aliphatic rings. The minimum absolute atomic E-state index is 0.0783. The normalized spacial score (nSPS) is 19.0. The predicted molar refractivity (Wildman–Crippen MR) is 82.3 cm³/mol. The Balaban J connectivity index is 2.33. The van der Waals surface area contributed by atoms with Crippen molar-refractivity contribution in [2.75, 3.05) is 32.7 Å². The minimum atomic E-state index is -0.815. The van der Waals surface area contributed by atoms with Crippen molar-refractivity contribution < 1.29 is 14.7 Å². The minimum Gasteiger partial charge on any atom is -0.481 e. The van der Waals surface area contributed by atoms with Gasteiger partial charge < -0.3 is 20.2 Å². The Morgan fingerprint density at radius 1 is 1.43 bits per heavy atom. The van der Waals surface area contributed by atoms with Crippen molar-refractivity contribution in [1.82, 2.24) is 15.1 Å². The van der Waals surface area contributed by atoms with Gasteiger partial charge in [-0.2, -0.15) is 0 Å². The first-order chi connectivity index (χ1) is 9.93. The largest absolute Gasteiger partial charge is 0.481 e. The summed E-state index contributed by atoms with van der Waals surface area (Å²) < 4.78 is 0. The Morgan fingerprint density at radius 3 is 2.67 bits per heavy atom. The number of nitrogens with zero attached hydrogens (tertiary/aromatic N) is 2. The van der Waals surface area contributed by atoms with Crippen LogP contribution in [0.1, 0.15) is 40.0 Å². The maximum atomic E-state index is 12.2. The van der Waals surface area contributed by atoms with E-state index in [9.17, 15) is 9.59 Å². The van der Waals surface area contributed by atoms with Gasteiger partial charge in [-0.3, -0.25) is 4.79 Å². The first-order valence-electron chi connectivity index (χ1n) is 7.92. The van der Waals surface area contributed by atoms with Gasteiger partial charge >= 0.3 is 12.0 Å². The molecule has 0 radical (unpaired) electrons. The number of hydrogen-bond donors (Lipinski definition) is 2. The highest BCUT2D eigenvalue weighted by molar-refractivity contribution is 5.74. The van der Waals surface area contributed by atoms with Crippen molar-refractivity contribution in [2.24, 2.45) is 5.92 Å². The molecule has 0 saturated carbocycles. The van der Waals surface area contributed by atoms with Gasteiger partial charge in [0.15, 0.2) is 0 Å². The summed E-state index contributed by atoms with van der Waals surface area (Å²) in [5.74, 6) is -0.286. The maximum absolute atomic E-state index is 12.2. The molecule has 0 aromatic heterocycles. The molecule has 0 aromatic rings. The van der Waals surface area contributed by atoms with E-state index in [1.54, 1.807) is 4.90 Å². The van der Waals surface area contributed by atoms with Crippen LogP contribution in [0.3, 0.4) is 0 Å². The molecule has 1 heterocycles. The van der Waals surface area contributed by atoms with Crippen LogP contribution in [0.5, 0.6) is 0 Å². The average Bonchev–Trinajstić information content (AvgIpc) is 2.88. The van der Waals surface area contributed by atoms with Crippen LogP contribution in [0.15, 0.2) is 0 Å². The number of likely N-dealkylation sites (tertiary alicyclic amines) is 1. The van der Waals surface area contributed by atoms with E-state index in [0.29, 0.717) is 25.4 Å². The Kier molecular flexibility index (Phi) is 7.50. The first-order valence-corrected chi connectivity index (χ1v) is 7.92. The summed E-state index contributed by atoms with van der Waals surface area (Å²) in [6.45, 7) is 10.5. The highest BCUT2D eigenvalue weighted by atomic mass is 16.4. The lowest BCUT2D eigenvalue weighted by Crippen LogP contribution is -2.46. The van der Waals surface area contributed by atoms with Crippen LogP contribution in [-0.4, -0.2) is 65.7 Å². The molecule has 0 spiro atoms. The second kappa shape index (κ2) is 8.87. The number of carboxylic acid groups (broad SMARTS) is 1. The van der Waals surface area contributed by atoms with E-state index in [1.165, 1.54) is 0 Å². The van der Waals surface area contributed by atoms with Crippen LogP contribution >= 0.6 is 0 Å². The molecule has 2 amide bonds. The standard InChI is InChI=1S/C15H29N3O3/c1-4-17-9-7-13(11-17)10-16-15(21)18(12(2)3)8-5-6-14(19)20/h12-13H,4-11H2,1-3H3,(H,16,21)(H,19,20). The Bertz CT molecular complexity index is 347. The second-order valence-corrected chi connectivity index (χ2v) is 6.02. The lowest BCUT2D eigenvalue weighted by molar-refractivity contribution is -0.137. The number of carbonyl (C=O) groups excluding carboxylic acids is 1. The highest BCUT2D eigenvalue weighted by Crippen LogP contribution is 2.14. The van der Waals surface area contributed by atoms with Gasteiger partial charge in [0.05, 0.1) is 0 Å². The van der Waals surface area contributed by atoms with Gasteiger partial charge in [0.25, 0.3) is 0 Å². The van der Waals surface area contributed by atoms with Crippen LogP contribution in [0.2, 0.25) is 0 Å². The third-order valence-electron chi connectivity index (χ3n) is 4.03. The lowest BCUT2D eigenvalue weighted by atomic mass is 10.1. The molecule has 2 N–H and O–H groups in total. The molecule has 1 saturated heterocycles. The van der Waals surface area contributed by atoms with E-state index in [4.69, 9.17) is 5.11 Å². The van der Waals surface area contributed by atoms with Gasteiger partial charge in [-0.15, -0.1) is 0 Å². The molecular weight excluding hydrogens is 270 g/mol. The van der Waals surface area contributed by atoms with Gasteiger partial charge in [0.1, 0.15) is 0 Å². The zero-order valence-corrected chi connectivity index (χ0v) is 13.5. The van der Waals surface area contributed by atoms with Crippen LogP contribution < -0.4 is 5.32 Å². The number of hydrogen-bond acceptors (Lipinski definition) is 3. The molecule has 0 aliphatic carbocycles. The first kappa shape index (κ1) is 17.8. The molecule has 1 atom stereocenters. The molecule has 6 heteroatoms. The number of rotatable bonds is 8. The van der Waals surface area contributed by atoms with E-state index >= 15 is 0 Å². The molecule has 1 aliphatic heterocycles. The summed E-state index contributed by atoms with van der Waals surface area (Å²) in [6.07, 6.45) is 1.73. The average molecular weight is 299 g/mol.